The molecule has 0 bridgehead atoms. The van der Waals surface area contributed by atoms with E-state index in [4.69, 9.17) is 21.1 Å². The molecule has 0 aromatic carbocycles. The van der Waals surface area contributed by atoms with Crippen molar-refractivity contribution in [2.45, 2.75) is 0 Å². The number of anilines is 2. The molecule has 0 fully saturated rings. The standard InChI is InChI=1S/C10H8N4O/c11-5-7-6(8-2-1-3-15-8)4-9(12)14-10(7)13/h1-4H,(H4,12,13,14). The molecule has 15 heavy (non-hydrogen) atoms. The second kappa shape index (κ2) is 3.35. The van der Waals surface area contributed by atoms with E-state index >= 15 is 0 Å². The molecule has 0 aliphatic rings. The highest BCUT2D eigenvalue weighted by Crippen LogP contribution is 2.28. The van der Waals surface area contributed by atoms with E-state index in [2.05, 4.69) is 4.98 Å². The Bertz CT molecular complexity index is 525. The van der Waals surface area contributed by atoms with Crippen LogP contribution in [0, 0.1) is 11.3 Å². The molecule has 0 aliphatic heterocycles. The maximum absolute atomic E-state index is 8.94. The zero-order valence-corrected chi connectivity index (χ0v) is 7.77. The third-order valence-corrected chi connectivity index (χ3v) is 1.97. The second-order valence-electron chi connectivity index (χ2n) is 2.94. The molecule has 2 aromatic heterocycles. The highest BCUT2D eigenvalue weighted by molar-refractivity contribution is 5.74. The van der Waals surface area contributed by atoms with Crippen LogP contribution in [0.15, 0.2) is 28.9 Å². The molecule has 0 saturated heterocycles. The summed E-state index contributed by atoms with van der Waals surface area (Å²) in [5, 5.41) is 8.94. The molecule has 2 aromatic rings. The van der Waals surface area contributed by atoms with Gasteiger partial charge in [-0.1, -0.05) is 0 Å². The van der Waals surface area contributed by atoms with Crippen molar-refractivity contribution in [3.63, 3.8) is 0 Å². The van der Waals surface area contributed by atoms with Crippen LogP contribution >= 0.6 is 0 Å². The number of aromatic nitrogens is 1. The van der Waals surface area contributed by atoms with E-state index in [0.29, 0.717) is 11.3 Å². The first-order chi connectivity index (χ1) is 7.22. The topological polar surface area (TPSA) is 102 Å². The summed E-state index contributed by atoms with van der Waals surface area (Å²) in [5.41, 5.74) is 12.0. The molecule has 5 nitrogen and oxygen atoms in total. The van der Waals surface area contributed by atoms with Crippen LogP contribution in [-0.2, 0) is 0 Å². The van der Waals surface area contributed by atoms with Gasteiger partial charge in [0.1, 0.15) is 29.0 Å². The fraction of sp³-hybridized carbons (Fsp3) is 0. The number of nitrogen functional groups attached to an aromatic ring is 2. The highest BCUT2D eigenvalue weighted by atomic mass is 16.3. The monoisotopic (exact) mass is 200 g/mol. The molecular formula is C10H8N4O. The third kappa shape index (κ3) is 1.48. The van der Waals surface area contributed by atoms with Crippen molar-refractivity contribution in [1.29, 1.82) is 5.26 Å². The lowest BCUT2D eigenvalue weighted by Gasteiger charge is -2.04. The van der Waals surface area contributed by atoms with Gasteiger partial charge in [0.15, 0.2) is 0 Å². The molecule has 5 heteroatoms. The zero-order valence-electron chi connectivity index (χ0n) is 7.77. The molecule has 0 unspecified atom stereocenters. The molecule has 0 aliphatic carbocycles. The Kier molecular flexibility index (Phi) is 2.03. The number of pyridine rings is 1. The first-order valence-corrected chi connectivity index (χ1v) is 4.22. The summed E-state index contributed by atoms with van der Waals surface area (Å²) >= 11 is 0. The van der Waals surface area contributed by atoms with Gasteiger partial charge in [0, 0.05) is 5.56 Å². The van der Waals surface area contributed by atoms with Crippen molar-refractivity contribution >= 4 is 11.6 Å². The summed E-state index contributed by atoms with van der Waals surface area (Å²) in [7, 11) is 0. The average Bonchev–Trinajstić information content (AvgIpc) is 2.69. The van der Waals surface area contributed by atoms with Crippen molar-refractivity contribution in [3.8, 4) is 17.4 Å². The lowest BCUT2D eigenvalue weighted by atomic mass is 10.1. The fourth-order valence-electron chi connectivity index (χ4n) is 1.33. The van der Waals surface area contributed by atoms with Crippen molar-refractivity contribution < 1.29 is 4.42 Å². The van der Waals surface area contributed by atoms with E-state index < -0.39 is 0 Å². The van der Waals surface area contributed by atoms with E-state index in [0.717, 1.165) is 0 Å². The lowest BCUT2D eigenvalue weighted by molar-refractivity contribution is 0.582. The summed E-state index contributed by atoms with van der Waals surface area (Å²) in [6.07, 6.45) is 1.52. The fourth-order valence-corrected chi connectivity index (χ4v) is 1.33. The number of nitriles is 1. The van der Waals surface area contributed by atoms with Gasteiger partial charge in [0.25, 0.3) is 0 Å². The normalized spacial score (nSPS) is 9.80. The van der Waals surface area contributed by atoms with Crippen LogP contribution in [0.25, 0.3) is 11.3 Å². The molecule has 0 atom stereocenters. The van der Waals surface area contributed by atoms with Crippen molar-refractivity contribution in [1.82, 2.24) is 4.98 Å². The van der Waals surface area contributed by atoms with Gasteiger partial charge in [0.2, 0.25) is 0 Å². The third-order valence-electron chi connectivity index (χ3n) is 1.97. The number of nitrogens with two attached hydrogens (primary N) is 2. The van der Waals surface area contributed by atoms with Crippen LogP contribution in [0.1, 0.15) is 5.56 Å². The van der Waals surface area contributed by atoms with Gasteiger partial charge < -0.3 is 15.9 Å². The number of rotatable bonds is 1. The van der Waals surface area contributed by atoms with Crippen LogP contribution in [-0.4, -0.2) is 4.98 Å². The van der Waals surface area contributed by atoms with Gasteiger partial charge in [-0.05, 0) is 18.2 Å². The van der Waals surface area contributed by atoms with Crippen LogP contribution in [0.5, 0.6) is 0 Å². The maximum atomic E-state index is 8.94. The van der Waals surface area contributed by atoms with E-state index in [1.54, 1.807) is 18.2 Å². The smallest absolute Gasteiger partial charge is 0.144 e. The average molecular weight is 200 g/mol. The first kappa shape index (κ1) is 9.09. The predicted molar refractivity (Wildman–Crippen MR) is 55.5 cm³/mol. The minimum atomic E-state index is 0.115. The Balaban J connectivity index is 2.71. The summed E-state index contributed by atoms with van der Waals surface area (Å²) < 4.78 is 5.18. The predicted octanol–water partition coefficient (Wildman–Crippen LogP) is 1.38. The Morgan fingerprint density at radius 3 is 2.80 bits per heavy atom. The second-order valence-corrected chi connectivity index (χ2v) is 2.94. The number of furan rings is 1. The van der Waals surface area contributed by atoms with E-state index in [-0.39, 0.29) is 17.2 Å². The molecule has 4 N–H and O–H groups in total. The van der Waals surface area contributed by atoms with Crippen LogP contribution < -0.4 is 11.5 Å². The van der Waals surface area contributed by atoms with Crippen molar-refractivity contribution in [2.75, 3.05) is 11.5 Å². The highest BCUT2D eigenvalue weighted by Gasteiger charge is 2.12. The first-order valence-electron chi connectivity index (χ1n) is 4.22. The number of nitrogens with zero attached hydrogens (tertiary/aromatic N) is 2. The van der Waals surface area contributed by atoms with Gasteiger partial charge in [-0.2, -0.15) is 5.26 Å². The Hall–Kier alpha value is -2.48. The van der Waals surface area contributed by atoms with Crippen LogP contribution in [0.3, 0.4) is 0 Å². The summed E-state index contributed by atoms with van der Waals surface area (Å²) in [6, 6.07) is 7.00. The Labute approximate surface area is 85.9 Å². The van der Waals surface area contributed by atoms with Crippen LogP contribution in [0.4, 0.5) is 11.6 Å². The molecule has 2 heterocycles. The van der Waals surface area contributed by atoms with E-state index in [1.807, 2.05) is 6.07 Å². The van der Waals surface area contributed by atoms with Gasteiger partial charge in [-0.15, -0.1) is 0 Å². The molecule has 0 amide bonds. The largest absolute Gasteiger partial charge is 0.464 e. The summed E-state index contributed by atoms with van der Waals surface area (Å²) in [6.45, 7) is 0. The van der Waals surface area contributed by atoms with Crippen LogP contribution in [0.2, 0.25) is 0 Å². The SMILES string of the molecule is N#Cc1c(-c2ccco2)cc(N)nc1N. The van der Waals surface area contributed by atoms with Gasteiger partial charge >= 0.3 is 0 Å². The minimum Gasteiger partial charge on any atom is -0.464 e. The molecule has 74 valence electrons. The summed E-state index contributed by atoms with van der Waals surface area (Å²) in [4.78, 5) is 3.81. The molecule has 2 rings (SSSR count). The summed E-state index contributed by atoms with van der Waals surface area (Å²) in [5.74, 6) is 0.925. The van der Waals surface area contributed by atoms with Gasteiger partial charge in [0.05, 0.1) is 6.26 Å². The molecular weight excluding hydrogens is 192 g/mol. The minimum absolute atomic E-state index is 0.115. The van der Waals surface area contributed by atoms with E-state index in [1.165, 1.54) is 6.26 Å². The van der Waals surface area contributed by atoms with E-state index in [9.17, 15) is 0 Å². The Morgan fingerprint density at radius 2 is 2.20 bits per heavy atom. The molecule has 0 saturated carbocycles. The quantitative estimate of drug-likeness (QED) is 0.723. The number of hydrogen-bond acceptors (Lipinski definition) is 5. The molecule has 0 spiro atoms. The van der Waals surface area contributed by atoms with Crippen molar-refractivity contribution in [3.05, 3.63) is 30.0 Å². The number of hydrogen-bond donors (Lipinski definition) is 2. The van der Waals surface area contributed by atoms with Crippen molar-refractivity contribution in [2.24, 2.45) is 0 Å². The lowest BCUT2D eigenvalue weighted by Crippen LogP contribution is -2.01. The van der Waals surface area contributed by atoms with Gasteiger partial charge in [-0.25, -0.2) is 4.98 Å². The Morgan fingerprint density at radius 1 is 1.40 bits per heavy atom. The van der Waals surface area contributed by atoms with Gasteiger partial charge in [-0.3, -0.25) is 0 Å². The molecule has 0 radical (unpaired) electrons. The zero-order chi connectivity index (χ0) is 10.8. The maximum Gasteiger partial charge on any atom is 0.144 e.